The molecule has 0 unspecified atom stereocenters. The fourth-order valence-electron chi connectivity index (χ4n) is 3.56. The van der Waals surface area contributed by atoms with E-state index in [4.69, 9.17) is 9.47 Å². The smallest absolute Gasteiger partial charge is 0.229 e. The first-order valence-electron chi connectivity index (χ1n) is 8.69. The lowest BCUT2D eigenvalue weighted by Gasteiger charge is -2.33. The van der Waals surface area contributed by atoms with Gasteiger partial charge in [0.2, 0.25) is 5.91 Å². The number of aryl methyl sites for hydroxylation is 1. The molecule has 7 nitrogen and oxygen atoms in total. The van der Waals surface area contributed by atoms with Crippen LogP contribution in [-0.2, 0) is 30.7 Å². The number of methoxy groups -OCH3 is 1. The van der Waals surface area contributed by atoms with Gasteiger partial charge in [-0.05, 0) is 18.1 Å². The molecule has 0 bridgehead atoms. The number of fused-ring (bicyclic) bond motifs is 2. The summed E-state index contributed by atoms with van der Waals surface area (Å²) >= 11 is 0. The lowest BCUT2D eigenvalue weighted by atomic mass is 9.95. The molecule has 3 heterocycles. The molecular weight excluding hydrogens is 320 g/mol. The summed E-state index contributed by atoms with van der Waals surface area (Å²) in [6.45, 7) is 4.46. The first-order valence-corrected chi connectivity index (χ1v) is 8.69. The van der Waals surface area contributed by atoms with Gasteiger partial charge < -0.3 is 18.9 Å². The zero-order chi connectivity index (χ0) is 17.4. The van der Waals surface area contributed by atoms with Crippen LogP contribution >= 0.6 is 0 Å². The topological polar surface area (TPSA) is 69.5 Å². The van der Waals surface area contributed by atoms with Gasteiger partial charge in [0.05, 0.1) is 19.6 Å². The van der Waals surface area contributed by atoms with Gasteiger partial charge in [-0.3, -0.25) is 4.79 Å². The lowest BCUT2D eigenvalue weighted by Crippen LogP contribution is -2.44. The molecule has 0 N–H and O–H groups in total. The predicted octanol–water partition coefficient (Wildman–Crippen LogP) is 1.44. The largest absolute Gasteiger partial charge is 0.497 e. The van der Waals surface area contributed by atoms with Crippen molar-refractivity contribution in [2.75, 3.05) is 20.3 Å². The number of hydrogen-bond donors (Lipinski definition) is 0. The number of carbonyl (C=O) groups is 1. The number of benzene rings is 1. The van der Waals surface area contributed by atoms with E-state index in [1.165, 1.54) is 0 Å². The highest BCUT2D eigenvalue weighted by Crippen LogP contribution is 2.32. The monoisotopic (exact) mass is 342 g/mol. The van der Waals surface area contributed by atoms with Gasteiger partial charge in [0.1, 0.15) is 23.9 Å². The van der Waals surface area contributed by atoms with E-state index in [0.717, 1.165) is 41.7 Å². The molecule has 7 heteroatoms. The number of rotatable bonds is 3. The third kappa shape index (κ3) is 2.83. The maximum absolute atomic E-state index is 12.9. The summed E-state index contributed by atoms with van der Waals surface area (Å²) in [6, 6.07) is 5.77. The second-order valence-electron chi connectivity index (χ2n) is 6.48. The van der Waals surface area contributed by atoms with Crippen LogP contribution in [-0.4, -0.2) is 45.8 Å². The van der Waals surface area contributed by atoms with Gasteiger partial charge in [-0.15, -0.1) is 10.2 Å². The number of ether oxygens (including phenoxy) is 2. The molecular formula is C18H22N4O3. The van der Waals surface area contributed by atoms with Gasteiger partial charge in [-0.2, -0.15) is 0 Å². The van der Waals surface area contributed by atoms with E-state index in [0.29, 0.717) is 26.1 Å². The van der Waals surface area contributed by atoms with Crippen LogP contribution in [0.1, 0.15) is 24.1 Å². The van der Waals surface area contributed by atoms with Crippen molar-refractivity contribution in [2.24, 2.45) is 5.92 Å². The number of carbonyl (C=O) groups excluding carboxylic acids is 1. The van der Waals surface area contributed by atoms with E-state index in [1.807, 2.05) is 23.1 Å². The molecule has 1 amide bonds. The third-order valence-corrected chi connectivity index (χ3v) is 4.99. The number of aromatic nitrogens is 3. The molecule has 0 spiro atoms. The standard InChI is InChI=1S/C18H22N4O3/c1-3-16-19-20-17-10-21(6-7-22(16)17)18(23)13-8-12-4-5-14(24-2)9-15(12)25-11-13/h4-5,9,13H,3,6-8,10-11H2,1-2H3/t13-/m0/s1. The van der Waals surface area contributed by atoms with Crippen LogP contribution in [0, 0.1) is 5.92 Å². The second kappa shape index (κ2) is 6.38. The minimum Gasteiger partial charge on any atom is -0.497 e. The first-order chi connectivity index (χ1) is 12.2. The van der Waals surface area contributed by atoms with Crippen molar-refractivity contribution in [2.45, 2.75) is 32.9 Å². The normalized spacial score (nSPS) is 19.0. The Morgan fingerprint density at radius 2 is 2.24 bits per heavy atom. The summed E-state index contributed by atoms with van der Waals surface area (Å²) < 4.78 is 13.2. The quantitative estimate of drug-likeness (QED) is 0.844. The van der Waals surface area contributed by atoms with Crippen molar-refractivity contribution >= 4 is 5.91 Å². The van der Waals surface area contributed by atoms with E-state index >= 15 is 0 Å². The summed E-state index contributed by atoms with van der Waals surface area (Å²) in [7, 11) is 1.63. The molecule has 1 aromatic carbocycles. The van der Waals surface area contributed by atoms with Gasteiger partial charge >= 0.3 is 0 Å². The van der Waals surface area contributed by atoms with Gasteiger partial charge in [-0.1, -0.05) is 13.0 Å². The fraction of sp³-hybridized carbons (Fsp3) is 0.500. The summed E-state index contributed by atoms with van der Waals surface area (Å²) in [4.78, 5) is 14.8. The molecule has 2 aromatic rings. The Balaban J connectivity index is 1.47. The highest BCUT2D eigenvalue weighted by Gasteiger charge is 2.32. The van der Waals surface area contributed by atoms with Crippen molar-refractivity contribution in [1.29, 1.82) is 0 Å². The molecule has 4 rings (SSSR count). The van der Waals surface area contributed by atoms with Gasteiger partial charge in [-0.25, -0.2) is 0 Å². The molecule has 1 aromatic heterocycles. The molecule has 0 aliphatic carbocycles. The molecule has 1 atom stereocenters. The zero-order valence-corrected chi connectivity index (χ0v) is 14.6. The molecule has 0 radical (unpaired) electrons. The van der Waals surface area contributed by atoms with Crippen LogP contribution in [0.2, 0.25) is 0 Å². The van der Waals surface area contributed by atoms with E-state index < -0.39 is 0 Å². The van der Waals surface area contributed by atoms with Crippen molar-refractivity contribution in [3.8, 4) is 11.5 Å². The number of amides is 1. The van der Waals surface area contributed by atoms with Gasteiger partial charge in [0.25, 0.3) is 0 Å². The summed E-state index contributed by atoms with van der Waals surface area (Å²) in [5, 5.41) is 8.44. The Morgan fingerprint density at radius 1 is 1.36 bits per heavy atom. The molecule has 0 fully saturated rings. The van der Waals surface area contributed by atoms with Crippen molar-refractivity contribution in [3.63, 3.8) is 0 Å². The Morgan fingerprint density at radius 3 is 3.04 bits per heavy atom. The maximum Gasteiger partial charge on any atom is 0.229 e. The minimum absolute atomic E-state index is 0.133. The predicted molar refractivity (Wildman–Crippen MR) is 90.5 cm³/mol. The molecule has 0 saturated heterocycles. The Labute approximate surface area is 146 Å². The van der Waals surface area contributed by atoms with E-state index in [1.54, 1.807) is 7.11 Å². The molecule has 0 saturated carbocycles. The van der Waals surface area contributed by atoms with E-state index in [2.05, 4.69) is 21.7 Å². The fourth-order valence-corrected chi connectivity index (χ4v) is 3.56. The second-order valence-corrected chi connectivity index (χ2v) is 6.48. The van der Waals surface area contributed by atoms with Crippen LogP contribution in [0.25, 0.3) is 0 Å². The minimum atomic E-state index is -0.152. The van der Waals surface area contributed by atoms with Gasteiger partial charge in [0.15, 0.2) is 5.82 Å². The van der Waals surface area contributed by atoms with Crippen molar-refractivity contribution in [3.05, 3.63) is 35.4 Å². The summed E-state index contributed by atoms with van der Waals surface area (Å²) in [6.07, 6.45) is 1.55. The van der Waals surface area contributed by atoms with Crippen molar-refractivity contribution in [1.82, 2.24) is 19.7 Å². The SMILES string of the molecule is CCc1nnc2n1CCN(C(=O)[C@@H]1COc3cc(OC)ccc3C1)C2. The molecule has 132 valence electrons. The molecule has 2 aliphatic rings. The first kappa shape index (κ1) is 15.9. The highest BCUT2D eigenvalue weighted by molar-refractivity contribution is 5.80. The Bertz CT molecular complexity index is 802. The molecule has 25 heavy (non-hydrogen) atoms. The zero-order valence-electron chi connectivity index (χ0n) is 14.6. The lowest BCUT2D eigenvalue weighted by molar-refractivity contribution is -0.138. The average molecular weight is 342 g/mol. The van der Waals surface area contributed by atoms with Crippen LogP contribution in [0.4, 0.5) is 0 Å². The summed E-state index contributed by atoms with van der Waals surface area (Å²) in [5.74, 6) is 3.43. The van der Waals surface area contributed by atoms with Gasteiger partial charge in [0, 0.05) is 25.6 Å². The molecule has 2 aliphatic heterocycles. The number of hydrogen-bond acceptors (Lipinski definition) is 5. The average Bonchev–Trinajstić information content (AvgIpc) is 3.08. The Kier molecular flexibility index (Phi) is 4.07. The van der Waals surface area contributed by atoms with Crippen molar-refractivity contribution < 1.29 is 14.3 Å². The van der Waals surface area contributed by atoms with Crippen LogP contribution in [0.15, 0.2) is 18.2 Å². The van der Waals surface area contributed by atoms with E-state index in [-0.39, 0.29) is 11.8 Å². The van der Waals surface area contributed by atoms with Crippen LogP contribution in [0.5, 0.6) is 11.5 Å². The highest BCUT2D eigenvalue weighted by atomic mass is 16.5. The number of nitrogens with zero attached hydrogens (tertiary/aromatic N) is 4. The van der Waals surface area contributed by atoms with Crippen LogP contribution < -0.4 is 9.47 Å². The Hall–Kier alpha value is -2.57. The third-order valence-electron chi connectivity index (χ3n) is 4.99. The maximum atomic E-state index is 12.9. The van der Waals surface area contributed by atoms with E-state index in [9.17, 15) is 4.79 Å². The van der Waals surface area contributed by atoms with Crippen LogP contribution in [0.3, 0.4) is 0 Å². The summed E-state index contributed by atoms with van der Waals surface area (Å²) in [5.41, 5.74) is 1.05.